The van der Waals surface area contributed by atoms with Crippen LogP contribution in [-0.2, 0) is 12.2 Å². The van der Waals surface area contributed by atoms with E-state index in [1.807, 2.05) is 48.7 Å². The van der Waals surface area contributed by atoms with Gasteiger partial charge in [0.15, 0.2) is 11.6 Å². The van der Waals surface area contributed by atoms with Gasteiger partial charge in [-0.1, -0.05) is 70.2 Å². The van der Waals surface area contributed by atoms with Crippen molar-refractivity contribution in [3.8, 4) is 11.5 Å². The average molecular weight is 488 g/mol. The Kier molecular flexibility index (Phi) is 6.21. The van der Waals surface area contributed by atoms with Crippen LogP contribution in [0.5, 0.6) is 11.5 Å². The summed E-state index contributed by atoms with van der Waals surface area (Å²) in [5.74, 6) is 1.91. The van der Waals surface area contributed by atoms with E-state index in [1.165, 1.54) is 0 Å². The lowest BCUT2D eigenvalue weighted by Crippen LogP contribution is -2.79. The third kappa shape index (κ3) is 3.84. The number of anilines is 1. The second kappa shape index (κ2) is 9.09. The number of nitrogens with zero attached hydrogens (tertiary/aromatic N) is 3. The van der Waals surface area contributed by atoms with Gasteiger partial charge < -0.3 is 19.8 Å². The lowest BCUT2D eigenvalue weighted by Gasteiger charge is -2.72. The Balaban J connectivity index is 1.29. The number of aliphatic hydroxyl groups is 1. The number of rotatable bonds is 6. The van der Waals surface area contributed by atoms with Crippen LogP contribution in [0.1, 0.15) is 38.8 Å². The zero-order chi connectivity index (χ0) is 25.6. The standard InChI is InChI=1S/C30H37N3O3/c1-28(2)27(29(3,4)30(28,35)23-12-14-24(34)15-13-23)33-19-17-32(18-20-33)26-25(11-8-16-31-26)36-21-22-9-6-5-7-10-22/h5-16,27,34-35H,17-21H2,1-4H3. The topological polar surface area (TPSA) is 69.1 Å². The predicted octanol–water partition coefficient (Wildman–Crippen LogP) is 4.81. The molecule has 2 aliphatic rings. The minimum absolute atomic E-state index is 0.212. The minimum Gasteiger partial charge on any atom is -0.508 e. The number of piperazine rings is 1. The number of ether oxygens (including phenoxy) is 1. The highest BCUT2D eigenvalue weighted by atomic mass is 16.5. The van der Waals surface area contributed by atoms with Crippen LogP contribution in [0.3, 0.4) is 0 Å². The Hall–Kier alpha value is -3.09. The molecule has 3 aromatic rings. The van der Waals surface area contributed by atoms with Crippen molar-refractivity contribution in [1.29, 1.82) is 0 Å². The first-order valence-corrected chi connectivity index (χ1v) is 12.8. The smallest absolute Gasteiger partial charge is 0.171 e. The van der Waals surface area contributed by atoms with Gasteiger partial charge in [-0.15, -0.1) is 0 Å². The summed E-state index contributed by atoms with van der Waals surface area (Å²) in [5.41, 5.74) is 0.288. The lowest BCUT2D eigenvalue weighted by molar-refractivity contribution is -0.307. The molecule has 36 heavy (non-hydrogen) atoms. The van der Waals surface area contributed by atoms with E-state index in [9.17, 15) is 10.2 Å². The molecule has 2 fully saturated rings. The van der Waals surface area contributed by atoms with Crippen LogP contribution < -0.4 is 9.64 Å². The fraction of sp³-hybridized carbons (Fsp3) is 0.433. The first-order chi connectivity index (χ1) is 17.2. The van der Waals surface area contributed by atoms with Crippen molar-refractivity contribution >= 4 is 5.82 Å². The number of aromatic nitrogens is 1. The van der Waals surface area contributed by atoms with E-state index in [1.54, 1.807) is 12.1 Å². The van der Waals surface area contributed by atoms with E-state index >= 15 is 0 Å². The first-order valence-electron chi connectivity index (χ1n) is 12.8. The summed E-state index contributed by atoms with van der Waals surface area (Å²) in [5, 5.41) is 21.8. The van der Waals surface area contributed by atoms with Crippen LogP contribution in [0.25, 0.3) is 0 Å². The van der Waals surface area contributed by atoms with Crippen LogP contribution in [0.15, 0.2) is 72.9 Å². The fourth-order valence-corrected chi connectivity index (χ4v) is 7.07. The largest absolute Gasteiger partial charge is 0.508 e. The molecule has 0 bridgehead atoms. The zero-order valence-corrected chi connectivity index (χ0v) is 21.7. The summed E-state index contributed by atoms with van der Waals surface area (Å²) >= 11 is 0. The fourth-order valence-electron chi connectivity index (χ4n) is 7.07. The Morgan fingerprint density at radius 3 is 2.14 bits per heavy atom. The number of hydrogen-bond acceptors (Lipinski definition) is 6. The third-order valence-electron chi connectivity index (χ3n) is 8.48. The molecule has 0 spiro atoms. The number of aromatic hydroxyl groups is 1. The maximum absolute atomic E-state index is 12.0. The monoisotopic (exact) mass is 487 g/mol. The number of pyridine rings is 1. The second-order valence-corrected chi connectivity index (χ2v) is 11.2. The van der Waals surface area contributed by atoms with Gasteiger partial charge in [-0.3, -0.25) is 4.90 Å². The molecule has 2 N–H and O–H groups in total. The van der Waals surface area contributed by atoms with Crippen LogP contribution >= 0.6 is 0 Å². The number of phenolic OH excluding ortho intramolecular Hbond substituents is 1. The highest BCUT2D eigenvalue weighted by Gasteiger charge is 2.73. The van der Waals surface area contributed by atoms with E-state index in [0.29, 0.717) is 6.61 Å². The van der Waals surface area contributed by atoms with E-state index in [2.05, 4.69) is 54.6 Å². The quantitative estimate of drug-likeness (QED) is 0.520. The summed E-state index contributed by atoms with van der Waals surface area (Å²) in [4.78, 5) is 9.50. The maximum Gasteiger partial charge on any atom is 0.171 e. The molecule has 1 aromatic heterocycles. The van der Waals surface area contributed by atoms with Gasteiger partial charge in [-0.25, -0.2) is 4.98 Å². The van der Waals surface area contributed by atoms with E-state index in [0.717, 1.165) is 48.9 Å². The summed E-state index contributed by atoms with van der Waals surface area (Å²) < 4.78 is 6.17. The van der Waals surface area contributed by atoms with Gasteiger partial charge in [0.2, 0.25) is 0 Å². The molecular weight excluding hydrogens is 450 g/mol. The lowest BCUT2D eigenvalue weighted by atomic mass is 9.39. The van der Waals surface area contributed by atoms with Gasteiger partial charge in [0.25, 0.3) is 0 Å². The average Bonchev–Trinajstić information content (AvgIpc) is 2.88. The summed E-state index contributed by atoms with van der Waals surface area (Å²) in [6.07, 6.45) is 1.83. The molecule has 0 atom stereocenters. The van der Waals surface area contributed by atoms with Gasteiger partial charge in [0.05, 0.1) is 0 Å². The SMILES string of the molecule is CC1(C)C(N2CCN(c3ncccc3OCc3ccccc3)CC2)C(C)(C)C1(O)c1ccc(O)cc1. The van der Waals surface area contributed by atoms with Gasteiger partial charge in [-0.2, -0.15) is 0 Å². The van der Waals surface area contributed by atoms with Crippen molar-refractivity contribution < 1.29 is 14.9 Å². The summed E-state index contributed by atoms with van der Waals surface area (Å²) in [7, 11) is 0. The second-order valence-electron chi connectivity index (χ2n) is 11.2. The highest BCUT2D eigenvalue weighted by Crippen LogP contribution is 2.68. The molecule has 190 valence electrons. The van der Waals surface area contributed by atoms with Crippen LogP contribution in [0.2, 0.25) is 0 Å². The zero-order valence-electron chi connectivity index (χ0n) is 21.7. The van der Waals surface area contributed by atoms with Gasteiger partial charge >= 0.3 is 0 Å². The molecule has 0 amide bonds. The Morgan fingerprint density at radius 1 is 0.861 bits per heavy atom. The molecule has 1 aliphatic heterocycles. The van der Waals surface area contributed by atoms with Gasteiger partial charge in [0.1, 0.15) is 18.0 Å². The number of phenols is 1. The molecule has 2 heterocycles. The molecule has 1 aliphatic carbocycles. The van der Waals surface area contributed by atoms with Gasteiger partial charge in [-0.05, 0) is 35.4 Å². The first kappa shape index (κ1) is 24.6. The molecule has 0 radical (unpaired) electrons. The van der Waals surface area contributed by atoms with Gasteiger partial charge in [0, 0.05) is 49.2 Å². The molecule has 1 saturated carbocycles. The number of benzene rings is 2. The van der Waals surface area contributed by atoms with E-state index in [4.69, 9.17) is 4.74 Å². The Morgan fingerprint density at radius 2 is 1.50 bits per heavy atom. The minimum atomic E-state index is -0.991. The summed E-state index contributed by atoms with van der Waals surface area (Å²) in [6.45, 7) is 12.6. The maximum atomic E-state index is 12.0. The van der Waals surface area contributed by atoms with E-state index in [-0.39, 0.29) is 22.6 Å². The molecular formula is C30H37N3O3. The van der Waals surface area contributed by atoms with E-state index < -0.39 is 5.60 Å². The van der Waals surface area contributed by atoms with Crippen molar-refractivity contribution in [2.45, 2.75) is 45.9 Å². The molecule has 5 rings (SSSR count). The van der Waals surface area contributed by atoms with Crippen molar-refractivity contribution in [1.82, 2.24) is 9.88 Å². The van der Waals surface area contributed by atoms with Crippen molar-refractivity contribution in [2.24, 2.45) is 10.8 Å². The third-order valence-corrected chi connectivity index (χ3v) is 8.48. The van der Waals surface area contributed by atoms with Crippen LogP contribution in [0.4, 0.5) is 5.82 Å². The number of hydrogen-bond donors (Lipinski definition) is 2. The van der Waals surface area contributed by atoms with Crippen molar-refractivity contribution in [3.63, 3.8) is 0 Å². The Labute approximate surface area is 214 Å². The van der Waals surface area contributed by atoms with Crippen LogP contribution in [0, 0.1) is 10.8 Å². The van der Waals surface area contributed by atoms with Crippen LogP contribution in [-0.4, -0.2) is 52.3 Å². The summed E-state index contributed by atoms with van der Waals surface area (Å²) in [6, 6.07) is 21.3. The van der Waals surface area contributed by atoms with Crippen molar-refractivity contribution in [3.05, 3.63) is 84.1 Å². The molecule has 6 heteroatoms. The molecule has 1 saturated heterocycles. The molecule has 0 unspecified atom stereocenters. The van der Waals surface area contributed by atoms with Crippen molar-refractivity contribution in [2.75, 3.05) is 31.1 Å². The molecule has 6 nitrogen and oxygen atoms in total. The predicted molar refractivity (Wildman–Crippen MR) is 142 cm³/mol. The molecule has 2 aromatic carbocycles. The Bertz CT molecular complexity index is 1170. The highest BCUT2D eigenvalue weighted by molar-refractivity contribution is 5.52. The normalized spacial score (nSPS) is 25.2.